The van der Waals surface area contributed by atoms with Crippen LogP contribution < -0.4 is 15.0 Å². The van der Waals surface area contributed by atoms with Crippen LogP contribution in [0, 0.1) is 11.2 Å². The summed E-state index contributed by atoms with van der Waals surface area (Å²) in [7, 11) is 3.02. The second kappa shape index (κ2) is 11.5. The predicted molar refractivity (Wildman–Crippen MR) is 134 cm³/mol. The number of methoxy groups -OCH3 is 2. The summed E-state index contributed by atoms with van der Waals surface area (Å²) in [6.07, 6.45) is 0. The number of phenols is 1. The summed E-state index contributed by atoms with van der Waals surface area (Å²) in [5, 5.41) is 22.6. The maximum absolute atomic E-state index is 15.4. The standard InChI is InChI=1S/C26H35FN4O3/c1-17(2)20-13-21(24(32)14-25(20)34-5)18(3)31(26(28)16-33-4)23-7-6-19(12-22(23)27)15-30-10-8-29-9-11-30/h6-7,12-14,17,28-29,32H,3,8-11,15-16H2,1-2,4-5H3. The molecule has 0 unspecified atom stereocenters. The molecule has 0 amide bonds. The smallest absolute Gasteiger partial charge is 0.147 e. The number of phenolic OH excluding ortho intramolecular Hbond substituents is 1. The van der Waals surface area contributed by atoms with E-state index in [-0.39, 0.29) is 35.5 Å². The van der Waals surface area contributed by atoms with Gasteiger partial charge < -0.3 is 19.9 Å². The quantitative estimate of drug-likeness (QED) is 0.377. The van der Waals surface area contributed by atoms with Gasteiger partial charge >= 0.3 is 0 Å². The lowest BCUT2D eigenvalue weighted by molar-refractivity contribution is 0.233. The number of rotatable bonds is 9. The zero-order valence-corrected chi connectivity index (χ0v) is 20.4. The fourth-order valence-electron chi connectivity index (χ4n) is 4.18. The number of hydrogen-bond acceptors (Lipinski definition) is 6. The number of amidine groups is 1. The van der Waals surface area contributed by atoms with Gasteiger partial charge in [0.1, 0.15) is 29.8 Å². The Labute approximate surface area is 201 Å². The maximum Gasteiger partial charge on any atom is 0.147 e. The number of hydrogen-bond donors (Lipinski definition) is 3. The van der Waals surface area contributed by atoms with Gasteiger partial charge in [0, 0.05) is 51.5 Å². The number of ether oxygens (including phenoxy) is 2. The van der Waals surface area contributed by atoms with Gasteiger partial charge in [0.05, 0.1) is 18.5 Å². The minimum atomic E-state index is -0.466. The van der Waals surface area contributed by atoms with Crippen molar-refractivity contribution in [2.75, 3.05) is 51.9 Å². The van der Waals surface area contributed by atoms with E-state index in [1.54, 1.807) is 19.2 Å². The van der Waals surface area contributed by atoms with Crippen molar-refractivity contribution >= 4 is 17.2 Å². The summed E-state index contributed by atoms with van der Waals surface area (Å²) in [5.74, 6) is 0.160. The van der Waals surface area contributed by atoms with Crippen molar-refractivity contribution in [3.63, 3.8) is 0 Å². The van der Waals surface area contributed by atoms with Crippen LogP contribution >= 0.6 is 0 Å². The zero-order chi connectivity index (χ0) is 24.8. The molecule has 0 spiro atoms. The van der Waals surface area contributed by atoms with E-state index in [1.807, 2.05) is 19.9 Å². The molecule has 0 aliphatic carbocycles. The maximum atomic E-state index is 15.4. The number of nitrogens with one attached hydrogen (secondary N) is 2. The first kappa shape index (κ1) is 25.7. The molecule has 0 saturated carbocycles. The molecule has 0 bridgehead atoms. The van der Waals surface area contributed by atoms with E-state index in [9.17, 15) is 5.11 Å². The Hall–Kier alpha value is -2.94. The molecule has 3 N–H and O–H groups in total. The summed E-state index contributed by atoms with van der Waals surface area (Å²) in [5.41, 5.74) is 2.59. The lowest BCUT2D eigenvalue weighted by Crippen LogP contribution is -2.42. The molecule has 1 fully saturated rings. The third-order valence-electron chi connectivity index (χ3n) is 5.97. The predicted octanol–water partition coefficient (Wildman–Crippen LogP) is 4.17. The van der Waals surface area contributed by atoms with Crippen LogP contribution in [-0.4, -0.2) is 62.8 Å². The van der Waals surface area contributed by atoms with Crippen LogP contribution in [-0.2, 0) is 11.3 Å². The fourth-order valence-corrected chi connectivity index (χ4v) is 4.18. The fraction of sp³-hybridized carbons (Fsp3) is 0.423. The molecule has 2 aromatic carbocycles. The van der Waals surface area contributed by atoms with E-state index < -0.39 is 5.82 Å². The van der Waals surface area contributed by atoms with Gasteiger partial charge in [0.25, 0.3) is 0 Å². The van der Waals surface area contributed by atoms with E-state index in [4.69, 9.17) is 14.9 Å². The van der Waals surface area contributed by atoms with Crippen molar-refractivity contribution in [3.05, 3.63) is 59.4 Å². The summed E-state index contributed by atoms with van der Waals surface area (Å²) in [4.78, 5) is 3.66. The average molecular weight is 471 g/mol. The van der Waals surface area contributed by atoms with Gasteiger partial charge in [-0.25, -0.2) is 4.39 Å². The Balaban J connectivity index is 1.98. The highest BCUT2D eigenvalue weighted by atomic mass is 19.1. The summed E-state index contributed by atoms with van der Waals surface area (Å²) >= 11 is 0. The minimum absolute atomic E-state index is 0.00238. The lowest BCUT2D eigenvalue weighted by Gasteiger charge is -2.30. The molecule has 2 aromatic rings. The number of halogens is 1. The zero-order valence-electron chi connectivity index (χ0n) is 20.4. The molecule has 0 radical (unpaired) electrons. The first-order valence-electron chi connectivity index (χ1n) is 11.4. The molecule has 3 rings (SSSR count). The van der Waals surface area contributed by atoms with Crippen molar-refractivity contribution in [2.24, 2.45) is 0 Å². The Morgan fingerprint density at radius 3 is 2.53 bits per heavy atom. The van der Waals surface area contributed by atoms with Crippen molar-refractivity contribution in [3.8, 4) is 11.5 Å². The largest absolute Gasteiger partial charge is 0.507 e. The summed E-state index contributed by atoms with van der Waals surface area (Å²) in [6.45, 7) is 12.4. The molecule has 0 aromatic heterocycles. The summed E-state index contributed by atoms with van der Waals surface area (Å²) in [6, 6.07) is 8.34. The van der Waals surface area contributed by atoms with Crippen LogP contribution in [0.5, 0.6) is 11.5 Å². The van der Waals surface area contributed by atoms with Crippen LogP contribution in [0.4, 0.5) is 10.1 Å². The van der Waals surface area contributed by atoms with E-state index in [1.165, 1.54) is 24.1 Å². The van der Waals surface area contributed by atoms with Gasteiger partial charge in [-0.05, 0) is 35.2 Å². The Morgan fingerprint density at radius 2 is 1.94 bits per heavy atom. The second-order valence-electron chi connectivity index (χ2n) is 8.74. The SMILES string of the molecule is C=C(c1cc(C(C)C)c(OC)cc1O)N(C(=N)COC)c1ccc(CN2CCNCC2)cc1F. The molecule has 34 heavy (non-hydrogen) atoms. The van der Waals surface area contributed by atoms with Crippen molar-refractivity contribution in [2.45, 2.75) is 26.3 Å². The molecule has 1 heterocycles. The first-order valence-corrected chi connectivity index (χ1v) is 11.4. The second-order valence-corrected chi connectivity index (χ2v) is 8.74. The van der Waals surface area contributed by atoms with Crippen LogP contribution in [0.2, 0.25) is 0 Å². The Bertz CT molecular complexity index is 1030. The third kappa shape index (κ3) is 5.75. The van der Waals surface area contributed by atoms with Gasteiger partial charge in [-0.3, -0.25) is 15.2 Å². The van der Waals surface area contributed by atoms with Crippen molar-refractivity contribution in [1.29, 1.82) is 5.41 Å². The van der Waals surface area contributed by atoms with Crippen LogP contribution in [0.3, 0.4) is 0 Å². The minimum Gasteiger partial charge on any atom is -0.507 e. The molecule has 0 atom stereocenters. The molecule has 1 saturated heterocycles. The van der Waals surface area contributed by atoms with Gasteiger partial charge in [-0.2, -0.15) is 0 Å². The Morgan fingerprint density at radius 1 is 1.24 bits per heavy atom. The van der Waals surface area contributed by atoms with Gasteiger partial charge in [0.2, 0.25) is 0 Å². The van der Waals surface area contributed by atoms with Crippen molar-refractivity contribution < 1.29 is 19.0 Å². The van der Waals surface area contributed by atoms with Crippen LogP contribution in [0.1, 0.15) is 36.5 Å². The van der Waals surface area contributed by atoms with Crippen LogP contribution in [0.25, 0.3) is 5.70 Å². The molecule has 7 nitrogen and oxygen atoms in total. The number of anilines is 1. The average Bonchev–Trinajstić information content (AvgIpc) is 2.81. The van der Waals surface area contributed by atoms with E-state index in [2.05, 4.69) is 16.8 Å². The van der Waals surface area contributed by atoms with Gasteiger partial charge in [-0.1, -0.05) is 26.5 Å². The topological polar surface area (TPSA) is 81.0 Å². The highest BCUT2D eigenvalue weighted by molar-refractivity contribution is 6.08. The lowest BCUT2D eigenvalue weighted by atomic mass is 9.97. The highest BCUT2D eigenvalue weighted by Crippen LogP contribution is 2.38. The number of piperazine rings is 1. The molecule has 1 aliphatic rings. The van der Waals surface area contributed by atoms with Gasteiger partial charge in [-0.15, -0.1) is 0 Å². The monoisotopic (exact) mass is 470 g/mol. The molecular formula is C26H35FN4O3. The van der Waals surface area contributed by atoms with Crippen molar-refractivity contribution in [1.82, 2.24) is 10.2 Å². The third-order valence-corrected chi connectivity index (χ3v) is 5.97. The number of benzene rings is 2. The molecular weight excluding hydrogens is 435 g/mol. The molecule has 8 heteroatoms. The highest BCUT2D eigenvalue weighted by Gasteiger charge is 2.24. The van der Waals surface area contributed by atoms with Crippen LogP contribution in [0.15, 0.2) is 36.9 Å². The van der Waals surface area contributed by atoms with E-state index in [0.717, 1.165) is 37.3 Å². The molecule has 184 valence electrons. The number of aromatic hydroxyl groups is 1. The Kier molecular flexibility index (Phi) is 8.66. The van der Waals surface area contributed by atoms with Gasteiger partial charge in [0.15, 0.2) is 0 Å². The first-order chi connectivity index (χ1) is 16.3. The van der Waals surface area contributed by atoms with E-state index >= 15 is 4.39 Å². The van der Waals surface area contributed by atoms with E-state index in [0.29, 0.717) is 17.9 Å². The normalized spacial score (nSPS) is 14.3. The number of nitrogens with zero attached hydrogens (tertiary/aromatic N) is 2. The molecule has 1 aliphatic heterocycles. The summed E-state index contributed by atoms with van der Waals surface area (Å²) < 4.78 is 26.0.